The number of halogens is 1. The van der Waals surface area contributed by atoms with Gasteiger partial charge >= 0.3 is 0 Å². The second kappa shape index (κ2) is 2.59. The number of rotatable bonds is 1. The zero-order chi connectivity index (χ0) is 9.05. The summed E-state index contributed by atoms with van der Waals surface area (Å²) in [5, 5.41) is 0. The molecule has 2 atom stereocenters. The van der Waals surface area contributed by atoms with Gasteiger partial charge in [-0.1, -0.05) is 6.42 Å². The molecule has 0 aromatic carbocycles. The Labute approximate surface area is 90.5 Å². The molecule has 0 bridgehead atoms. The van der Waals surface area contributed by atoms with Crippen molar-refractivity contribution in [2.24, 2.45) is 17.6 Å². The number of fused-ring (bicyclic) bond motifs is 1. The standard InChI is InChI=1S/C10H12BrNS/c11-9-5-4-8(13-9)10(12)6-2-1-3-7(6)10/h4-7H,1-3,12H2. The molecule has 2 fully saturated rings. The van der Waals surface area contributed by atoms with Crippen molar-refractivity contribution in [3.8, 4) is 0 Å². The number of hydrogen-bond acceptors (Lipinski definition) is 2. The largest absolute Gasteiger partial charge is 0.320 e. The second-order valence-corrected chi connectivity index (χ2v) is 6.64. The molecule has 1 aromatic heterocycles. The summed E-state index contributed by atoms with van der Waals surface area (Å²) in [7, 11) is 0. The summed E-state index contributed by atoms with van der Waals surface area (Å²) in [6, 6.07) is 4.30. The van der Waals surface area contributed by atoms with E-state index in [0.29, 0.717) is 0 Å². The number of thiophene rings is 1. The smallest absolute Gasteiger partial charge is 0.0702 e. The van der Waals surface area contributed by atoms with E-state index >= 15 is 0 Å². The van der Waals surface area contributed by atoms with Gasteiger partial charge in [0.25, 0.3) is 0 Å². The number of nitrogens with two attached hydrogens (primary N) is 1. The molecule has 3 heteroatoms. The highest BCUT2D eigenvalue weighted by Crippen LogP contribution is 2.65. The molecule has 3 rings (SSSR count). The summed E-state index contributed by atoms with van der Waals surface area (Å²) < 4.78 is 1.21. The van der Waals surface area contributed by atoms with Gasteiger partial charge < -0.3 is 5.73 Å². The fourth-order valence-corrected chi connectivity index (χ4v) is 4.53. The van der Waals surface area contributed by atoms with Crippen LogP contribution in [-0.4, -0.2) is 0 Å². The molecule has 2 aliphatic rings. The van der Waals surface area contributed by atoms with Gasteiger partial charge in [-0.2, -0.15) is 0 Å². The van der Waals surface area contributed by atoms with E-state index in [0.717, 1.165) is 11.8 Å². The third-order valence-electron chi connectivity index (χ3n) is 3.63. The second-order valence-electron chi connectivity index (χ2n) is 4.18. The molecule has 0 saturated heterocycles. The van der Waals surface area contributed by atoms with Crippen molar-refractivity contribution in [2.45, 2.75) is 24.8 Å². The average molecular weight is 258 g/mol. The van der Waals surface area contributed by atoms with E-state index < -0.39 is 0 Å². The highest BCUT2D eigenvalue weighted by atomic mass is 79.9. The van der Waals surface area contributed by atoms with Crippen molar-refractivity contribution in [1.82, 2.24) is 0 Å². The van der Waals surface area contributed by atoms with Crippen LogP contribution in [0.2, 0.25) is 0 Å². The highest BCUT2D eigenvalue weighted by molar-refractivity contribution is 9.11. The Morgan fingerprint density at radius 1 is 1.38 bits per heavy atom. The lowest BCUT2D eigenvalue weighted by atomic mass is 10.0. The Balaban J connectivity index is 1.95. The van der Waals surface area contributed by atoms with Crippen LogP contribution in [0.15, 0.2) is 15.9 Å². The van der Waals surface area contributed by atoms with Gasteiger partial charge in [-0.15, -0.1) is 11.3 Å². The van der Waals surface area contributed by atoms with Crippen LogP contribution < -0.4 is 5.73 Å². The van der Waals surface area contributed by atoms with Gasteiger partial charge in [0.05, 0.1) is 9.33 Å². The monoisotopic (exact) mass is 257 g/mol. The van der Waals surface area contributed by atoms with Gasteiger partial charge in [-0.25, -0.2) is 0 Å². The lowest BCUT2D eigenvalue weighted by Crippen LogP contribution is -2.24. The maximum absolute atomic E-state index is 6.42. The van der Waals surface area contributed by atoms with E-state index in [-0.39, 0.29) is 5.54 Å². The minimum atomic E-state index is 0.0644. The molecule has 2 aliphatic carbocycles. The van der Waals surface area contributed by atoms with Crippen molar-refractivity contribution in [3.63, 3.8) is 0 Å². The van der Waals surface area contributed by atoms with Crippen LogP contribution in [0.25, 0.3) is 0 Å². The molecule has 1 heterocycles. The zero-order valence-corrected chi connectivity index (χ0v) is 9.70. The maximum atomic E-state index is 6.42. The number of hydrogen-bond donors (Lipinski definition) is 1. The molecule has 0 spiro atoms. The van der Waals surface area contributed by atoms with Crippen molar-refractivity contribution >= 4 is 27.3 Å². The summed E-state index contributed by atoms with van der Waals surface area (Å²) >= 11 is 5.30. The lowest BCUT2D eigenvalue weighted by Gasteiger charge is -2.12. The first kappa shape index (κ1) is 8.45. The summed E-state index contributed by atoms with van der Waals surface area (Å²) in [6.45, 7) is 0. The van der Waals surface area contributed by atoms with Gasteiger partial charge in [0, 0.05) is 4.88 Å². The molecule has 13 heavy (non-hydrogen) atoms. The van der Waals surface area contributed by atoms with Crippen molar-refractivity contribution in [3.05, 3.63) is 20.8 Å². The van der Waals surface area contributed by atoms with Crippen LogP contribution in [0.3, 0.4) is 0 Å². The first-order valence-corrected chi connectivity index (χ1v) is 6.38. The molecule has 0 radical (unpaired) electrons. The predicted octanol–water partition coefficient (Wildman–Crippen LogP) is 3.09. The van der Waals surface area contributed by atoms with E-state index in [1.165, 1.54) is 27.9 Å². The van der Waals surface area contributed by atoms with Gasteiger partial charge in [0.15, 0.2) is 0 Å². The topological polar surface area (TPSA) is 26.0 Å². The molecule has 0 amide bonds. The Hall–Kier alpha value is 0.140. The molecular formula is C10H12BrNS. The third-order valence-corrected chi connectivity index (χ3v) is 5.42. The molecular weight excluding hydrogens is 246 g/mol. The predicted molar refractivity (Wildman–Crippen MR) is 58.7 cm³/mol. The Kier molecular flexibility index (Phi) is 1.68. The molecule has 70 valence electrons. The minimum absolute atomic E-state index is 0.0644. The summed E-state index contributed by atoms with van der Waals surface area (Å²) in [4.78, 5) is 1.38. The fourth-order valence-electron chi connectivity index (χ4n) is 2.91. The van der Waals surface area contributed by atoms with E-state index in [4.69, 9.17) is 5.73 Å². The van der Waals surface area contributed by atoms with E-state index in [2.05, 4.69) is 28.1 Å². The summed E-state index contributed by atoms with van der Waals surface area (Å²) in [5.74, 6) is 1.58. The average Bonchev–Trinajstić information content (AvgIpc) is 2.61. The Morgan fingerprint density at radius 3 is 2.62 bits per heavy atom. The zero-order valence-electron chi connectivity index (χ0n) is 7.29. The van der Waals surface area contributed by atoms with Crippen molar-refractivity contribution in [2.75, 3.05) is 0 Å². The van der Waals surface area contributed by atoms with E-state index in [1.54, 1.807) is 11.3 Å². The lowest BCUT2D eigenvalue weighted by molar-refractivity contribution is 0.535. The highest BCUT2D eigenvalue weighted by Gasteiger charge is 2.65. The third kappa shape index (κ3) is 1.01. The van der Waals surface area contributed by atoms with Crippen molar-refractivity contribution in [1.29, 1.82) is 0 Å². The Bertz CT molecular complexity index is 336. The van der Waals surface area contributed by atoms with E-state index in [1.807, 2.05) is 0 Å². The SMILES string of the molecule is NC1(c2ccc(Br)s2)C2CCCC21. The van der Waals surface area contributed by atoms with E-state index in [9.17, 15) is 0 Å². The summed E-state index contributed by atoms with van der Waals surface area (Å²) in [6.07, 6.45) is 4.08. The van der Waals surface area contributed by atoms with Gasteiger partial charge in [0.2, 0.25) is 0 Å². The van der Waals surface area contributed by atoms with Crippen LogP contribution >= 0.6 is 27.3 Å². The summed E-state index contributed by atoms with van der Waals surface area (Å²) in [5.41, 5.74) is 6.48. The van der Waals surface area contributed by atoms with Crippen LogP contribution in [0, 0.1) is 11.8 Å². The van der Waals surface area contributed by atoms with Gasteiger partial charge in [0.1, 0.15) is 0 Å². The van der Waals surface area contributed by atoms with Gasteiger partial charge in [-0.05, 0) is 52.7 Å². The first-order valence-electron chi connectivity index (χ1n) is 4.77. The van der Waals surface area contributed by atoms with Crippen LogP contribution in [0.1, 0.15) is 24.1 Å². The quantitative estimate of drug-likeness (QED) is 0.823. The molecule has 0 aliphatic heterocycles. The normalized spacial score (nSPS) is 42.0. The maximum Gasteiger partial charge on any atom is 0.0702 e. The van der Waals surface area contributed by atoms with Crippen LogP contribution in [-0.2, 0) is 5.54 Å². The van der Waals surface area contributed by atoms with Crippen LogP contribution in [0.4, 0.5) is 0 Å². The Morgan fingerprint density at radius 2 is 2.08 bits per heavy atom. The van der Waals surface area contributed by atoms with Crippen LogP contribution in [0.5, 0.6) is 0 Å². The minimum Gasteiger partial charge on any atom is -0.320 e. The molecule has 1 nitrogen and oxygen atoms in total. The van der Waals surface area contributed by atoms with Gasteiger partial charge in [-0.3, -0.25) is 0 Å². The fraction of sp³-hybridized carbons (Fsp3) is 0.600. The molecule has 1 aromatic rings. The molecule has 2 saturated carbocycles. The van der Waals surface area contributed by atoms with Crippen molar-refractivity contribution < 1.29 is 0 Å². The molecule has 2 N–H and O–H groups in total. The molecule has 2 unspecified atom stereocenters. The first-order chi connectivity index (χ1) is 6.23.